The van der Waals surface area contributed by atoms with Crippen LogP contribution in [-0.4, -0.2) is 22.9 Å². The Kier molecular flexibility index (Phi) is 2.56. The second kappa shape index (κ2) is 3.69. The minimum absolute atomic E-state index is 0.0198. The van der Waals surface area contributed by atoms with Crippen LogP contribution in [-0.2, 0) is 5.41 Å². The third-order valence-corrected chi connectivity index (χ3v) is 2.85. The fourth-order valence-electron chi connectivity index (χ4n) is 1.77. The topological polar surface area (TPSA) is 47.8 Å². The van der Waals surface area contributed by atoms with Gasteiger partial charge in [0, 0.05) is 0 Å². The van der Waals surface area contributed by atoms with Gasteiger partial charge in [0.15, 0.2) is 0 Å². The number of hydrogen-bond donors (Lipinski definition) is 0. The number of benzene rings is 1. The van der Waals surface area contributed by atoms with E-state index in [2.05, 4.69) is 31.1 Å². The van der Waals surface area contributed by atoms with Crippen LogP contribution in [0.3, 0.4) is 0 Å². The van der Waals surface area contributed by atoms with Gasteiger partial charge in [-0.15, -0.1) is 5.10 Å². The number of rotatable bonds is 0. The molecule has 0 aliphatic heterocycles. The van der Waals surface area contributed by atoms with Gasteiger partial charge in [-0.1, -0.05) is 32.1 Å². The molecule has 0 amide bonds. The molecule has 86 valence electrons. The molecular weight excluding hydrogens is 213 g/mol. The molecule has 0 aliphatic carbocycles. The summed E-state index contributed by atoms with van der Waals surface area (Å²) in [6.45, 7) is 8.22. The molecule has 1 aromatic heterocycles. The summed E-state index contributed by atoms with van der Waals surface area (Å²) in [5.41, 5.74) is 2.31. The fraction of sp³-hybridized carbons (Fsp3) is 0.417. The maximum Gasteiger partial charge on any atom is 0.271 e. The van der Waals surface area contributed by atoms with Crippen LogP contribution < -0.4 is 5.56 Å². The summed E-state index contributed by atoms with van der Waals surface area (Å²) in [7, 11) is 5.43. The highest BCUT2D eigenvalue weighted by molar-refractivity contribution is 6.06. The molecule has 0 fully saturated rings. The van der Waals surface area contributed by atoms with Crippen LogP contribution in [0.4, 0.5) is 0 Å². The molecule has 2 rings (SSSR count). The third-order valence-electron chi connectivity index (χ3n) is 2.85. The molecule has 2 aromatic rings. The highest BCUT2D eigenvalue weighted by Crippen LogP contribution is 2.26. The Morgan fingerprint density at radius 3 is 2.53 bits per heavy atom. The van der Waals surface area contributed by atoms with E-state index in [9.17, 15) is 4.79 Å². The number of nitrogens with zero attached hydrogens (tertiary/aromatic N) is 3. The first-order chi connectivity index (χ1) is 7.80. The minimum Gasteiger partial charge on any atom is -0.273 e. The maximum atomic E-state index is 11.9. The summed E-state index contributed by atoms with van der Waals surface area (Å²) in [4.78, 5) is 11.9. The third kappa shape index (κ3) is 1.97. The van der Waals surface area contributed by atoms with Crippen molar-refractivity contribution in [2.24, 2.45) is 0 Å². The lowest BCUT2D eigenvalue weighted by Crippen LogP contribution is -2.23. The van der Waals surface area contributed by atoms with Crippen LogP contribution in [0.1, 0.15) is 31.9 Å². The van der Waals surface area contributed by atoms with Crippen molar-refractivity contribution in [3.8, 4) is 0 Å². The van der Waals surface area contributed by atoms with Crippen molar-refractivity contribution in [3.63, 3.8) is 0 Å². The first kappa shape index (κ1) is 11.8. The number of hydrogen-bond acceptors (Lipinski definition) is 3. The van der Waals surface area contributed by atoms with E-state index >= 15 is 0 Å². The molecule has 0 saturated carbocycles. The average molecular weight is 227 g/mol. The zero-order valence-corrected chi connectivity index (χ0v) is 10.5. The first-order valence-electron chi connectivity index (χ1n) is 5.46. The monoisotopic (exact) mass is 227 g/mol. The molecule has 2 radical (unpaired) electrons. The average Bonchev–Trinajstić information content (AvgIpc) is 2.22. The second-order valence-corrected chi connectivity index (χ2v) is 5.28. The van der Waals surface area contributed by atoms with Gasteiger partial charge in [0.2, 0.25) is 0 Å². The van der Waals surface area contributed by atoms with Crippen LogP contribution in [0.5, 0.6) is 0 Å². The van der Waals surface area contributed by atoms with Crippen molar-refractivity contribution in [2.75, 3.05) is 0 Å². The van der Waals surface area contributed by atoms with Crippen molar-refractivity contribution in [2.45, 2.75) is 33.1 Å². The van der Waals surface area contributed by atoms with Gasteiger partial charge in [0.25, 0.3) is 13.5 Å². The summed E-state index contributed by atoms with van der Waals surface area (Å²) in [5, 5.41) is 8.06. The van der Waals surface area contributed by atoms with Gasteiger partial charge in [-0.05, 0) is 29.5 Å². The molecule has 0 N–H and O–H groups in total. The summed E-state index contributed by atoms with van der Waals surface area (Å²) < 4.78 is 0.772. The van der Waals surface area contributed by atoms with Crippen molar-refractivity contribution in [1.29, 1.82) is 0 Å². The normalized spacial score (nSPS) is 12.0. The predicted molar refractivity (Wildman–Crippen MR) is 68.4 cm³/mol. The lowest BCUT2D eigenvalue weighted by Gasteiger charge is -2.20. The quantitative estimate of drug-likeness (QED) is 0.638. The molecule has 0 saturated heterocycles. The van der Waals surface area contributed by atoms with Gasteiger partial charge >= 0.3 is 0 Å². The van der Waals surface area contributed by atoms with Crippen LogP contribution in [0.15, 0.2) is 16.9 Å². The highest BCUT2D eigenvalue weighted by Gasteiger charge is 2.17. The van der Waals surface area contributed by atoms with E-state index in [4.69, 9.17) is 7.98 Å². The Labute approximate surface area is 101 Å². The van der Waals surface area contributed by atoms with E-state index in [0.29, 0.717) is 10.9 Å². The maximum absolute atomic E-state index is 11.9. The Morgan fingerprint density at radius 2 is 1.94 bits per heavy atom. The van der Waals surface area contributed by atoms with E-state index in [-0.39, 0.29) is 11.0 Å². The molecule has 0 bridgehead atoms. The zero-order valence-electron chi connectivity index (χ0n) is 10.5. The van der Waals surface area contributed by atoms with Crippen LogP contribution in [0.25, 0.3) is 10.9 Å². The lowest BCUT2D eigenvalue weighted by atomic mass is 9.85. The molecule has 17 heavy (non-hydrogen) atoms. The Bertz CT molecular complexity index is 640. The van der Waals surface area contributed by atoms with Crippen molar-refractivity contribution in [1.82, 2.24) is 14.9 Å². The first-order valence-corrected chi connectivity index (χ1v) is 5.46. The van der Waals surface area contributed by atoms with Crippen LogP contribution in [0, 0.1) is 6.92 Å². The number of aryl methyl sites for hydroxylation is 1. The molecule has 0 unspecified atom stereocenters. The lowest BCUT2D eigenvalue weighted by molar-refractivity contribution is 0.590. The van der Waals surface area contributed by atoms with Gasteiger partial charge in [0.05, 0.1) is 5.39 Å². The number of fused-ring (bicyclic) bond motifs is 1. The van der Waals surface area contributed by atoms with Gasteiger partial charge in [-0.2, -0.15) is 0 Å². The van der Waals surface area contributed by atoms with E-state index < -0.39 is 0 Å². The highest BCUT2D eigenvalue weighted by atomic mass is 16.1. The molecular formula is C12H14BN3O. The summed E-state index contributed by atoms with van der Waals surface area (Å²) >= 11 is 0. The Hall–Kier alpha value is -1.65. The zero-order chi connectivity index (χ0) is 12.8. The van der Waals surface area contributed by atoms with Gasteiger partial charge in [0.1, 0.15) is 5.52 Å². The smallest absolute Gasteiger partial charge is 0.271 e. The molecule has 1 aromatic carbocycles. The van der Waals surface area contributed by atoms with E-state index in [0.717, 1.165) is 15.7 Å². The molecule has 0 aliphatic rings. The van der Waals surface area contributed by atoms with Crippen LogP contribution in [0.2, 0.25) is 0 Å². The largest absolute Gasteiger partial charge is 0.273 e. The summed E-state index contributed by atoms with van der Waals surface area (Å²) in [5.74, 6) is 0. The van der Waals surface area contributed by atoms with Crippen molar-refractivity contribution >= 4 is 18.9 Å². The summed E-state index contributed by atoms with van der Waals surface area (Å²) in [6.07, 6.45) is 0. The van der Waals surface area contributed by atoms with Crippen molar-refractivity contribution in [3.05, 3.63) is 33.6 Å². The van der Waals surface area contributed by atoms with Crippen molar-refractivity contribution < 1.29 is 0 Å². The van der Waals surface area contributed by atoms with Gasteiger partial charge in [-0.25, -0.2) is 0 Å². The molecule has 0 atom stereocenters. The van der Waals surface area contributed by atoms with Gasteiger partial charge < -0.3 is 0 Å². The minimum atomic E-state index is -0.316. The molecule has 4 nitrogen and oxygen atoms in total. The fourth-order valence-corrected chi connectivity index (χ4v) is 1.77. The Morgan fingerprint density at radius 1 is 1.29 bits per heavy atom. The molecule has 1 heterocycles. The van der Waals surface area contributed by atoms with E-state index in [1.54, 1.807) is 0 Å². The molecule has 0 spiro atoms. The standard InChI is InChI=1S/C12H14BN3O/c1-7-5-8(12(2,3)4)6-9-10(7)14-15-16(13)11(9)17/h5-6H,1-4H3. The van der Waals surface area contributed by atoms with E-state index in [1.165, 1.54) is 0 Å². The van der Waals surface area contributed by atoms with Crippen LogP contribution >= 0.6 is 0 Å². The second-order valence-electron chi connectivity index (χ2n) is 5.28. The Balaban J connectivity index is 2.89. The SMILES string of the molecule is [B]n1nnc2c(C)cc(C(C)(C)C)cc2c1=O. The van der Waals surface area contributed by atoms with E-state index in [1.807, 2.05) is 19.1 Å². The summed E-state index contributed by atoms with van der Waals surface area (Å²) in [6, 6.07) is 3.89. The van der Waals surface area contributed by atoms with Gasteiger partial charge in [-0.3, -0.25) is 9.39 Å². The predicted octanol–water partition coefficient (Wildman–Crippen LogP) is 1.33. The number of aromatic nitrogens is 3. The molecule has 5 heteroatoms.